The SMILES string of the molecule is Fc1c(F)c(F)c(C[N@+]23CCC45c6ccccc6N6C7OCC=C8C[N@+]9(Cc%10c(F)c(F)c(F)c(F)c%10F)CCC%10%11c%12ccccc%12N(C%12OCC=C(C2)C(CC43)C%12C65)C%10C7C8CC%119)c(F)c1F.[Br-].[Br-]. The van der Waals surface area contributed by atoms with Crippen molar-refractivity contribution in [1.82, 2.24) is 0 Å². The molecule has 0 radical (unpaired) electrons. The van der Waals surface area contributed by atoms with Crippen LogP contribution in [0.3, 0.4) is 0 Å². The van der Waals surface area contributed by atoms with Crippen LogP contribution in [-0.2, 0) is 33.4 Å². The standard InChI is InChI=1S/C52H44F10N4O2.2BrH/c53-37-27(38(54)42(58)45(61)41(37)57)21-65-13-11-51-29-5-1-3-7-31(29)63-47(51)35-25(17-33(51)65)23(19-65)10-16-68-50(35)64-32-8-4-2-6-30(32)52-12-14-66(22-28-39(55)43(59)46(62)44(60)40(28)56)20-24-9-15-67-49(63)36(48(52)64)26(24)18-34(52)66;;/h1-10,25-26,33-36,47-50H,11-22H2;2*1H/q+2;;/p-2/t25?,26?,33?,34?,35?,36?,47?,48?,49?,50?,51?,52?,65-,66-;;/m0../s1. The highest BCUT2D eigenvalue weighted by atomic mass is 79.9. The predicted molar refractivity (Wildman–Crippen MR) is 224 cm³/mol. The molecule has 368 valence electrons. The Hall–Kier alpha value is -3.94. The van der Waals surface area contributed by atoms with Crippen LogP contribution in [0.2, 0.25) is 0 Å². The number of benzene rings is 4. The minimum atomic E-state index is -2.18. The molecule has 7 fully saturated rings. The number of ether oxygens (including phenoxy) is 2. The van der Waals surface area contributed by atoms with Gasteiger partial charge in [-0.25, -0.2) is 43.9 Å². The average Bonchev–Trinajstić information content (AvgIpc) is 3.97. The Bertz CT molecular complexity index is 2810. The van der Waals surface area contributed by atoms with Gasteiger partial charge in [-0.05, 0) is 34.4 Å². The highest BCUT2D eigenvalue weighted by molar-refractivity contribution is 5.72. The van der Waals surface area contributed by atoms with E-state index in [1.165, 1.54) is 0 Å². The molecule has 9 aliphatic heterocycles. The Balaban J connectivity index is 0.00000240. The highest BCUT2D eigenvalue weighted by Gasteiger charge is 2.81. The summed E-state index contributed by atoms with van der Waals surface area (Å²) in [5.41, 5.74) is 3.32. The number of hydrogen-bond donors (Lipinski definition) is 0. The number of rotatable bonds is 4. The van der Waals surface area contributed by atoms with Crippen LogP contribution in [0.25, 0.3) is 0 Å². The number of hydrogen-bond acceptors (Lipinski definition) is 4. The number of anilines is 2. The van der Waals surface area contributed by atoms with Crippen molar-refractivity contribution in [3.8, 4) is 0 Å². The average molecular weight is 1110 g/mol. The Kier molecular flexibility index (Phi) is 9.74. The van der Waals surface area contributed by atoms with E-state index in [0.717, 1.165) is 33.6 Å². The first-order valence-electron chi connectivity index (χ1n) is 23.9. The molecule has 9 heterocycles. The third kappa shape index (κ3) is 5.07. The minimum absolute atomic E-state index is 0. The van der Waals surface area contributed by atoms with Gasteiger partial charge in [0.25, 0.3) is 0 Å². The molecule has 0 amide bonds. The van der Waals surface area contributed by atoms with Crippen molar-refractivity contribution >= 4 is 11.4 Å². The molecule has 6 nitrogen and oxygen atoms in total. The van der Waals surface area contributed by atoms with E-state index in [2.05, 4.69) is 46.2 Å². The van der Waals surface area contributed by atoms with E-state index >= 15 is 35.1 Å². The first-order chi connectivity index (χ1) is 32.8. The van der Waals surface area contributed by atoms with Gasteiger partial charge < -0.3 is 62.2 Å². The summed E-state index contributed by atoms with van der Waals surface area (Å²) in [5, 5.41) is 0. The quantitative estimate of drug-likeness (QED) is 0.103. The van der Waals surface area contributed by atoms with Gasteiger partial charge in [0.05, 0.1) is 60.3 Å². The van der Waals surface area contributed by atoms with Crippen molar-refractivity contribution in [3.05, 3.63) is 152 Å². The lowest BCUT2D eigenvalue weighted by molar-refractivity contribution is -0.956. The van der Waals surface area contributed by atoms with Gasteiger partial charge in [-0.1, -0.05) is 48.6 Å². The molecule has 4 aromatic rings. The van der Waals surface area contributed by atoms with Gasteiger partial charge >= 0.3 is 0 Å². The third-order valence-electron chi connectivity index (χ3n) is 20.0. The Morgan fingerprint density at radius 2 is 0.857 bits per heavy atom. The van der Waals surface area contributed by atoms with Crippen LogP contribution in [0, 0.1) is 81.8 Å². The molecule has 11 aliphatic rings. The van der Waals surface area contributed by atoms with Gasteiger partial charge in [0.1, 0.15) is 50.7 Å². The second-order valence-corrected chi connectivity index (χ2v) is 21.8. The van der Waals surface area contributed by atoms with Crippen molar-refractivity contribution in [2.75, 3.05) is 49.2 Å². The van der Waals surface area contributed by atoms with Gasteiger partial charge in [0.15, 0.2) is 46.5 Å². The number of fused-ring (bicyclic) bond motifs is 6. The van der Waals surface area contributed by atoms with Crippen LogP contribution >= 0.6 is 0 Å². The van der Waals surface area contributed by atoms with Gasteiger partial charge in [-0.2, -0.15) is 0 Å². The molecule has 18 heteroatoms. The summed E-state index contributed by atoms with van der Waals surface area (Å²) in [6.45, 7) is 1.23. The van der Waals surface area contributed by atoms with Crippen LogP contribution in [0.15, 0.2) is 71.8 Å². The summed E-state index contributed by atoms with van der Waals surface area (Å²) in [6.07, 6.45) is 5.45. The zero-order valence-corrected chi connectivity index (χ0v) is 40.3. The fourth-order valence-corrected chi connectivity index (χ4v) is 18.0. The number of para-hydroxylation sites is 2. The Morgan fingerprint density at radius 3 is 1.24 bits per heavy atom. The molecule has 15 rings (SSSR count). The minimum Gasteiger partial charge on any atom is -1.00 e. The summed E-state index contributed by atoms with van der Waals surface area (Å²) in [6, 6.07) is 15.5. The lowest BCUT2D eigenvalue weighted by atomic mass is 9.52. The van der Waals surface area contributed by atoms with Gasteiger partial charge in [0, 0.05) is 60.7 Å². The smallest absolute Gasteiger partial charge is 0.200 e. The molecule has 70 heavy (non-hydrogen) atoms. The van der Waals surface area contributed by atoms with E-state index in [1.54, 1.807) is 0 Å². The topological polar surface area (TPSA) is 24.9 Å². The van der Waals surface area contributed by atoms with Crippen LogP contribution in [0.5, 0.6) is 0 Å². The predicted octanol–water partition coefficient (Wildman–Crippen LogP) is 3.10. The number of piperidine rings is 2. The van der Waals surface area contributed by atoms with E-state index in [1.807, 2.05) is 24.3 Å². The van der Waals surface area contributed by atoms with E-state index in [-0.39, 0.29) is 117 Å². The summed E-state index contributed by atoms with van der Waals surface area (Å²) in [4.78, 5) is 5.02. The Labute approximate surface area is 417 Å². The van der Waals surface area contributed by atoms with Gasteiger partial charge in [0.2, 0.25) is 11.6 Å². The van der Waals surface area contributed by atoms with Gasteiger partial charge in [-0.15, -0.1) is 0 Å². The highest BCUT2D eigenvalue weighted by Crippen LogP contribution is 2.73. The van der Waals surface area contributed by atoms with E-state index < -0.39 is 92.6 Å². The largest absolute Gasteiger partial charge is 1.00 e. The number of quaternary nitrogens is 2. The molecule has 2 spiro atoms. The molecular formula is C52H44Br2F10N4O2. The molecule has 4 aromatic carbocycles. The first kappa shape index (κ1) is 45.9. The fraction of sp³-hybridized carbons (Fsp3) is 0.462. The molecule has 0 aromatic heterocycles. The van der Waals surface area contributed by atoms with E-state index in [9.17, 15) is 8.78 Å². The molecule has 0 N–H and O–H groups in total. The van der Waals surface area contributed by atoms with Crippen molar-refractivity contribution < 1.29 is 96.3 Å². The summed E-state index contributed by atoms with van der Waals surface area (Å²) >= 11 is 0. The number of halogens is 12. The molecule has 2 aliphatic carbocycles. The zero-order chi connectivity index (χ0) is 46.3. The maximum absolute atomic E-state index is 15.8. The van der Waals surface area contributed by atoms with Crippen molar-refractivity contribution in [3.63, 3.8) is 0 Å². The van der Waals surface area contributed by atoms with E-state index in [4.69, 9.17) is 9.47 Å². The fourth-order valence-electron chi connectivity index (χ4n) is 18.0. The van der Waals surface area contributed by atoms with Crippen molar-refractivity contribution in [1.29, 1.82) is 0 Å². The Morgan fingerprint density at radius 1 is 0.500 bits per heavy atom. The summed E-state index contributed by atoms with van der Waals surface area (Å²) in [5.74, 6) is -19.9. The van der Waals surface area contributed by atoms with Crippen LogP contribution in [0.4, 0.5) is 55.3 Å². The van der Waals surface area contributed by atoms with E-state index in [0.29, 0.717) is 51.9 Å². The lowest BCUT2D eigenvalue weighted by Gasteiger charge is -2.65. The zero-order valence-electron chi connectivity index (χ0n) is 37.2. The van der Waals surface area contributed by atoms with Crippen LogP contribution in [-0.4, -0.2) is 85.0 Å². The molecule has 14 atom stereocenters. The summed E-state index contributed by atoms with van der Waals surface area (Å²) in [7, 11) is 0. The molecule has 5 saturated heterocycles. The van der Waals surface area contributed by atoms with Crippen LogP contribution < -0.4 is 43.8 Å². The first-order valence-corrected chi connectivity index (χ1v) is 23.9. The molecule has 4 bridgehead atoms. The second-order valence-electron chi connectivity index (χ2n) is 21.8. The second kappa shape index (κ2) is 14.9. The van der Waals surface area contributed by atoms with Gasteiger partial charge in [-0.3, -0.25) is 0 Å². The van der Waals surface area contributed by atoms with Crippen molar-refractivity contribution in [2.24, 2.45) is 23.7 Å². The maximum Gasteiger partial charge on any atom is 0.200 e. The molecule has 12 unspecified atom stereocenters. The normalized spacial score (nSPS) is 38.8. The maximum atomic E-state index is 15.8. The van der Waals surface area contributed by atoms with Crippen molar-refractivity contribution in [2.45, 2.75) is 86.2 Å². The van der Waals surface area contributed by atoms with Crippen LogP contribution in [0.1, 0.15) is 47.9 Å². The summed E-state index contributed by atoms with van der Waals surface area (Å²) < 4.78 is 167. The molecule has 2 saturated carbocycles. The monoisotopic (exact) mass is 1100 g/mol. The number of nitrogens with zero attached hydrogens (tertiary/aromatic N) is 4. The molecular weight excluding hydrogens is 1060 g/mol. The third-order valence-corrected chi connectivity index (χ3v) is 20.0. The lowest BCUT2D eigenvalue weighted by Crippen LogP contribution is -3.00.